The minimum Gasteiger partial charge on any atom is -0.459 e. The molecule has 3 aromatic rings. The summed E-state index contributed by atoms with van der Waals surface area (Å²) in [5, 5.41) is 2.83. The quantitative estimate of drug-likeness (QED) is 0.658. The lowest BCUT2D eigenvalue weighted by Gasteiger charge is -2.14. The van der Waals surface area contributed by atoms with Gasteiger partial charge in [0.25, 0.3) is 5.91 Å². The highest BCUT2D eigenvalue weighted by atomic mass is 32.2. The van der Waals surface area contributed by atoms with Crippen LogP contribution in [0.2, 0.25) is 0 Å². The summed E-state index contributed by atoms with van der Waals surface area (Å²) in [4.78, 5) is 14.9. The van der Waals surface area contributed by atoms with Crippen LogP contribution in [0.4, 0.5) is 5.69 Å². The molecular weight excluding hydrogens is 376 g/mol. The molecule has 0 saturated carbocycles. The number of anilines is 1. The Kier molecular flexibility index (Phi) is 5.96. The summed E-state index contributed by atoms with van der Waals surface area (Å²) in [6.07, 6.45) is 1.33. The van der Waals surface area contributed by atoms with E-state index in [9.17, 15) is 13.2 Å². The maximum Gasteiger partial charge on any atom is 0.291 e. The summed E-state index contributed by atoms with van der Waals surface area (Å²) < 4.78 is 30.6. The Morgan fingerprint density at radius 2 is 1.64 bits per heavy atom. The molecule has 1 amide bonds. The number of nitrogens with zero attached hydrogens (tertiary/aromatic N) is 1. The Labute approximate surface area is 164 Å². The van der Waals surface area contributed by atoms with Gasteiger partial charge in [0.2, 0.25) is 0 Å². The number of benzene rings is 2. The molecule has 3 rings (SSSR count). The number of rotatable bonds is 7. The van der Waals surface area contributed by atoms with E-state index in [0.717, 1.165) is 5.56 Å². The molecule has 2 aromatic carbocycles. The predicted molar refractivity (Wildman–Crippen MR) is 108 cm³/mol. The normalized spacial score (nSPS) is 11.5. The van der Waals surface area contributed by atoms with Gasteiger partial charge in [-0.05, 0) is 43.9 Å². The number of sulfone groups is 1. The van der Waals surface area contributed by atoms with E-state index >= 15 is 0 Å². The number of hydrogen-bond donors (Lipinski definition) is 1. The van der Waals surface area contributed by atoms with Crippen LogP contribution in [0.15, 0.2) is 76.2 Å². The molecule has 0 unspecified atom stereocenters. The molecule has 7 heteroatoms. The smallest absolute Gasteiger partial charge is 0.291 e. The van der Waals surface area contributed by atoms with Gasteiger partial charge in [0.05, 0.1) is 16.9 Å². The number of carbonyl (C=O) groups is 1. The summed E-state index contributed by atoms with van der Waals surface area (Å²) >= 11 is 0. The van der Waals surface area contributed by atoms with Crippen molar-refractivity contribution in [1.29, 1.82) is 0 Å². The molecule has 28 heavy (non-hydrogen) atoms. The molecule has 0 aliphatic heterocycles. The molecule has 0 saturated heterocycles. The van der Waals surface area contributed by atoms with E-state index in [1.165, 1.54) is 24.5 Å². The lowest BCUT2D eigenvalue weighted by Crippen LogP contribution is -2.18. The minimum absolute atomic E-state index is 0.000776. The van der Waals surface area contributed by atoms with E-state index in [4.69, 9.17) is 4.42 Å². The molecule has 0 spiro atoms. The van der Waals surface area contributed by atoms with Gasteiger partial charge in [-0.1, -0.05) is 36.4 Å². The Morgan fingerprint density at radius 3 is 2.36 bits per heavy atom. The summed E-state index contributed by atoms with van der Waals surface area (Å²) in [6, 6.07) is 17.1. The van der Waals surface area contributed by atoms with Crippen LogP contribution < -0.4 is 5.32 Å². The van der Waals surface area contributed by atoms with Gasteiger partial charge < -0.3 is 14.6 Å². The van der Waals surface area contributed by atoms with Crippen LogP contribution in [0, 0.1) is 0 Å². The van der Waals surface area contributed by atoms with Gasteiger partial charge >= 0.3 is 0 Å². The molecule has 1 aromatic heterocycles. The fourth-order valence-electron chi connectivity index (χ4n) is 2.86. The second-order valence-corrected chi connectivity index (χ2v) is 8.69. The van der Waals surface area contributed by atoms with Crippen LogP contribution in [0.5, 0.6) is 0 Å². The molecule has 0 atom stereocenters. The number of para-hydroxylation sites is 1. The first-order valence-electron chi connectivity index (χ1n) is 8.75. The van der Waals surface area contributed by atoms with E-state index in [1.807, 2.05) is 37.2 Å². The largest absolute Gasteiger partial charge is 0.459 e. The Balaban J connectivity index is 1.82. The topological polar surface area (TPSA) is 79.6 Å². The van der Waals surface area contributed by atoms with Gasteiger partial charge in [-0.3, -0.25) is 4.79 Å². The van der Waals surface area contributed by atoms with Crippen molar-refractivity contribution in [2.24, 2.45) is 0 Å². The van der Waals surface area contributed by atoms with Crippen molar-refractivity contribution in [2.45, 2.75) is 17.2 Å². The monoisotopic (exact) mass is 398 g/mol. The van der Waals surface area contributed by atoms with E-state index < -0.39 is 15.7 Å². The first-order valence-corrected chi connectivity index (χ1v) is 10.4. The third-order valence-corrected chi connectivity index (χ3v) is 5.83. The average molecular weight is 398 g/mol. The second-order valence-electron chi connectivity index (χ2n) is 6.70. The molecule has 6 nitrogen and oxygen atoms in total. The van der Waals surface area contributed by atoms with Crippen molar-refractivity contribution >= 4 is 21.4 Å². The first kappa shape index (κ1) is 19.9. The zero-order valence-corrected chi connectivity index (χ0v) is 16.6. The van der Waals surface area contributed by atoms with Crippen molar-refractivity contribution in [2.75, 3.05) is 19.4 Å². The number of nitrogens with one attached hydrogen (secondary N) is 1. The highest BCUT2D eigenvalue weighted by molar-refractivity contribution is 7.90. The predicted octanol–water partition coefficient (Wildman–Crippen LogP) is 3.57. The van der Waals surface area contributed by atoms with Gasteiger partial charge in [-0.25, -0.2) is 8.42 Å². The SMILES string of the molecule is CN(C)Cc1ccccc1NC(=O)c1occc1CS(=O)(=O)c1ccccc1. The van der Waals surface area contributed by atoms with Crippen molar-refractivity contribution < 1.29 is 17.6 Å². The average Bonchev–Trinajstić information content (AvgIpc) is 3.11. The van der Waals surface area contributed by atoms with E-state index in [2.05, 4.69) is 5.32 Å². The Bertz CT molecular complexity index is 1060. The molecular formula is C21H22N2O4S. The fourth-order valence-corrected chi connectivity index (χ4v) is 4.24. The highest BCUT2D eigenvalue weighted by Gasteiger charge is 2.23. The second kappa shape index (κ2) is 8.41. The number of amides is 1. The number of furan rings is 1. The molecule has 0 radical (unpaired) electrons. The van der Waals surface area contributed by atoms with Crippen molar-refractivity contribution in [3.63, 3.8) is 0 Å². The zero-order chi connectivity index (χ0) is 20.1. The summed E-state index contributed by atoms with van der Waals surface area (Å²) in [6.45, 7) is 0.657. The Morgan fingerprint density at radius 1 is 0.964 bits per heavy atom. The van der Waals surface area contributed by atoms with Crippen LogP contribution in [0.1, 0.15) is 21.7 Å². The molecule has 0 aliphatic rings. The lowest BCUT2D eigenvalue weighted by molar-refractivity contribution is 0.0995. The summed E-state index contributed by atoms with van der Waals surface area (Å²) in [7, 11) is 0.301. The van der Waals surface area contributed by atoms with Gasteiger partial charge in [0, 0.05) is 17.8 Å². The van der Waals surface area contributed by atoms with Crippen LogP contribution >= 0.6 is 0 Å². The molecule has 1 N–H and O–H groups in total. The first-order chi connectivity index (χ1) is 13.4. The third-order valence-electron chi connectivity index (χ3n) is 4.15. The molecule has 0 fully saturated rings. The molecule has 1 heterocycles. The van der Waals surface area contributed by atoms with Crippen molar-refractivity contribution in [1.82, 2.24) is 4.90 Å². The molecule has 0 aliphatic carbocycles. The summed E-state index contributed by atoms with van der Waals surface area (Å²) in [5.74, 6) is -0.788. The van der Waals surface area contributed by atoms with Crippen LogP contribution in [-0.2, 0) is 22.1 Å². The van der Waals surface area contributed by atoms with Gasteiger partial charge in [-0.2, -0.15) is 0 Å². The minimum atomic E-state index is -3.58. The molecule has 146 valence electrons. The van der Waals surface area contributed by atoms with E-state index in [1.54, 1.807) is 24.3 Å². The third kappa shape index (κ3) is 4.68. The summed E-state index contributed by atoms with van der Waals surface area (Å²) in [5.41, 5.74) is 1.94. The van der Waals surface area contributed by atoms with Gasteiger partial charge in [0.15, 0.2) is 15.6 Å². The van der Waals surface area contributed by atoms with Crippen molar-refractivity contribution in [3.8, 4) is 0 Å². The van der Waals surface area contributed by atoms with E-state index in [-0.39, 0.29) is 16.4 Å². The number of carbonyl (C=O) groups excluding carboxylic acids is 1. The maximum atomic E-state index is 12.7. The van der Waals surface area contributed by atoms with Crippen LogP contribution in [0.25, 0.3) is 0 Å². The van der Waals surface area contributed by atoms with Crippen LogP contribution in [0.3, 0.4) is 0 Å². The van der Waals surface area contributed by atoms with E-state index in [0.29, 0.717) is 17.8 Å². The van der Waals surface area contributed by atoms with Crippen LogP contribution in [-0.4, -0.2) is 33.3 Å². The van der Waals surface area contributed by atoms with Crippen molar-refractivity contribution in [3.05, 3.63) is 83.8 Å². The maximum absolute atomic E-state index is 12.7. The Hall–Kier alpha value is -2.90. The molecule has 0 bridgehead atoms. The van der Waals surface area contributed by atoms with Gasteiger partial charge in [-0.15, -0.1) is 0 Å². The standard InChI is InChI=1S/C21H22N2O4S/c1-23(2)14-16-8-6-7-11-19(16)22-21(24)20-17(12-13-27-20)15-28(25,26)18-9-4-3-5-10-18/h3-13H,14-15H2,1-2H3,(H,22,24). The highest BCUT2D eigenvalue weighted by Crippen LogP contribution is 2.22. The fraction of sp³-hybridized carbons (Fsp3) is 0.190. The zero-order valence-electron chi connectivity index (χ0n) is 15.8. The lowest BCUT2D eigenvalue weighted by atomic mass is 10.1. The van der Waals surface area contributed by atoms with Gasteiger partial charge in [0.1, 0.15) is 0 Å². The number of hydrogen-bond acceptors (Lipinski definition) is 5.